The van der Waals surface area contributed by atoms with E-state index in [9.17, 15) is 13.0 Å². The highest BCUT2D eigenvalue weighted by Gasteiger charge is 2.36. The number of hydrogen-bond donors (Lipinski definition) is 1. The Bertz CT molecular complexity index is 1510. The van der Waals surface area contributed by atoms with E-state index in [1.54, 1.807) is 24.3 Å². The maximum absolute atomic E-state index is 14.3. The third-order valence-electron chi connectivity index (χ3n) is 5.39. The standard InChI is InChI=1S/C25H20NO4PS/c1-32(28,29)22-15-13-19(14-16-22)24-17-20-12-11-18-7-5-6-10-23(18)25(20)26-31(24,27)30-21-8-3-2-4-9-21/h2-17H,1H3,(H,26,27)/t31-/m0/s1. The summed E-state index contributed by atoms with van der Waals surface area (Å²) >= 11 is 0. The average molecular weight is 461 g/mol. The van der Waals surface area contributed by atoms with Crippen LogP contribution >= 0.6 is 7.52 Å². The third kappa shape index (κ3) is 3.72. The van der Waals surface area contributed by atoms with E-state index in [4.69, 9.17) is 4.52 Å². The van der Waals surface area contributed by atoms with Gasteiger partial charge in [0.15, 0.2) is 9.84 Å². The highest BCUT2D eigenvalue weighted by molar-refractivity contribution is 7.90. The van der Waals surface area contributed by atoms with Gasteiger partial charge in [-0.2, -0.15) is 0 Å². The van der Waals surface area contributed by atoms with Crippen LogP contribution in [0, 0.1) is 0 Å². The molecule has 1 heterocycles. The molecule has 0 bridgehead atoms. The van der Waals surface area contributed by atoms with Crippen molar-refractivity contribution in [2.75, 3.05) is 11.3 Å². The number of hydrogen-bond acceptors (Lipinski definition) is 4. The van der Waals surface area contributed by atoms with Gasteiger partial charge in [-0.25, -0.2) is 13.0 Å². The van der Waals surface area contributed by atoms with Crippen molar-refractivity contribution in [3.05, 3.63) is 102 Å². The van der Waals surface area contributed by atoms with Crippen molar-refractivity contribution in [1.82, 2.24) is 0 Å². The first-order chi connectivity index (χ1) is 15.3. The number of sulfone groups is 1. The predicted octanol–water partition coefficient (Wildman–Crippen LogP) is 6.44. The van der Waals surface area contributed by atoms with Gasteiger partial charge in [0.05, 0.1) is 15.9 Å². The lowest BCUT2D eigenvalue weighted by Gasteiger charge is -2.29. The number of benzene rings is 4. The fraction of sp³-hybridized carbons (Fsp3) is 0.0400. The molecule has 4 aromatic rings. The van der Waals surface area contributed by atoms with Crippen LogP contribution in [0.1, 0.15) is 11.1 Å². The quantitative estimate of drug-likeness (QED) is 0.354. The minimum absolute atomic E-state index is 0.204. The largest absolute Gasteiger partial charge is 0.426 e. The molecule has 1 aliphatic heterocycles. The summed E-state index contributed by atoms with van der Waals surface area (Å²) in [4.78, 5) is 0.204. The molecule has 32 heavy (non-hydrogen) atoms. The van der Waals surface area contributed by atoms with E-state index in [-0.39, 0.29) is 4.90 Å². The third-order valence-corrected chi connectivity index (χ3v) is 8.52. The lowest BCUT2D eigenvalue weighted by molar-refractivity contribution is 0.498. The second-order valence-electron chi connectivity index (χ2n) is 7.64. The van der Waals surface area contributed by atoms with Crippen LogP contribution in [0.2, 0.25) is 0 Å². The summed E-state index contributed by atoms with van der Waals surface area (Å²) in [6, 6.07) is 27.3. The van der Waals surface area contributed by atoms with E-state index in [1.165, 1.54) is 12.1 Å². The van der Waals surface area contributed by atoms with Gasteiger partial charge in [0, 0.05) is 11.6 Å². The highest BCUT2D eigenvalue weighted by atomic mass is 32.2. The second-order valence-corrected chi connectivity index (χ2v) is 11.7. The minimum Gasteiger partial charge on any atom is -0.426 e. The molecule has 0 fully saturated rings. The van der Waals surface area contributed by atoms with Gasteiger partial charge in [-0.3, -0.25) is 0 Å². The van der Waals surface area contributed by atoms with Crippen LogP contribution < -0.4 is 9.61 Å². The smallest absolute Gasteiger partial charge is 0.372 e. The van der Waals surface area contributed by atoms with E-state index in [2.05, 4.69) is 5.09 Å². The van der Waals surface area contributed by atoms with E-state index >= 15 is 0 Å². The fourth-order valence-electron chi connectivity index (χ4n) is 3.80. The van der Waals surface area contributed by atoms with Crippen molar-refractivity contribution in [3.63, 3.8) is 0 Å². The summed E-state index contributed by atoms with van der Waals surface area (Å²) in [5.74, 6) is 0.477. The Morgan fingerprint density at radius 2 is 1.50 bits per heavy atom. The Morgan fingerprint density at radius 3 is 2.22 bits per heavy atom. The zero-order valence-electron chi connectivity index (χ0n) is 17.2. The molecule has 0 aromatic heterocycles. The topological polar surface area (TPSA) is 72.5 Å². The maximum Gasteiger partial charge on any atom is 0.372 e. The van der Waals surface area contributed by atoms with Crippen LogP contribution in [0.25, 0.3) is 22.2 Å². The van der Waals surface area contributed by atoms with Gasteiger partial charge < -0.3 is 9.61 Å². The molecule has 1 N–H and O–H groups in total. The van der Waals surface area contributed by atoms with Crippen LogP contribution in [-0.4, -0.2) is 14.7 Å². The van der Waals surface area contributed by atoms with E-state index < -0.39 is 17.4 Å². The molecular formula is C25H20NO4PS. The molecule has 4 aromatic carbocycles. The van der Waals surface area contributed by atoms with Gasteiger partial charge in [-0.1, -0.05) is 66.7 Å². The minimum atomic E-state index is -3.60. The molecule has 5 nitrogen and oxygen atoms in total. The van der Waals surface area contributed by atoms with Gasteiger partial charge in [0.2, 0.25) is 0 Å². The predicted molar refractivity (Wildman–Crippen MR) is 130 cm³/mol. The molecule has 0 amide bonds. The van der Waals surface area contributed by atoms with Gasteiger partial charge in [-0.15, -0.1) is 0 Å². The normalized spacial score (nSPS) is 17.8. The summed E-state index contributed by atoms with van der Waals surface area (Å²) in [7, 11) is -6.93. The number of rotatable bonds is 4. The molecule has 1 atom stereocenters. The van der Waals surface area contributed by atoms with Crippen molar-refractivity contribution in [2.45, 2.75) is 4.90 Å². The average Bonchev–Trinajstić information content (AvgIpc) is 2.79. The Balaban J connectivity index is 1.69. The monoisotopic (exact) mass is 461 g/mol. The molecule has 0 saturated carbocycles. The molecule has 0 spiro atoms. The fourth-order valence-corrected chi connectivity index (χ4v) is 6.46. The van der Waals surface area contributed by atoms with Crippen LogP contribution in [0.15, 0.2) is 95.9 Å². The zero-order chi connectivity index (χ0) is 22.3. The van der Waals surface area contributed by atoms with Crippen LogP contribution in [0.3, 0.4) is 0 Å². The molecule has 0 radical (unpaired) electrons. The summed E-state index contributed by atoms with van der Waals surface area (Å²) < 4.78 is 44.1. The van der Waals surface area contributed by atoms with Crippen LogP contribution in [0.5, 0.6) is 5.75 Å². The first kappa shape index (κ1) is 20.6. The van der Waals surface area contributed by atoms with Crippen molar-refractivity contribution in [3.8, 4) is 5.75 Å². The summed E-state index contributed by atoms with van der Waals surface area (Å²) in [5, 5.41) is 5.66. The van der Waals surface area contributed by atoms with Crippen LogP contribution in [0.4, 0.5) is 5.69 Å². The van der Waals surface area contributed by atoms with E-state index in [0.29, 0.717) is 16.6 Å². The molecule has 0 saturated heterocycles. The SMILES string of the molecule is CS(=O)(=O)c1ccc(C2=Cc3ccc4ccccc4c3N[P@@]2(=O)Oc2ccccc2)cc1. The Kier molecular flexibility index (Phi) is 4.92. The van der Waals surface area contributed by atoms with Crippen molar-refractivity contribution in [2.24, 2.45) is 0 Å². The number of para-hydroxylation sites is 1. The first-order valence-corrected chi connectivity index (χ1v) is 13.5. The van der Waals surface area contributed by atoms with Crippen LogP contribution in [-0.2, 0) is 14.4 Å². The molecule has 160 valence electrons. The van der Waals surface area contributed by atoms with Crippen molar-refractivity contribution < 1.29 is 17.5 Å². The van der Waals surface area contributed by atoms with Gasteiger partial charge in [0.1, 0.15) is 5.75 Å². The highest BCUT2D eigenvalue weighted by Crippen LogP contribution is 2.62. The van der Waals surface area contributed by atoms with Crippen molar-refractivity contribution in [1.29, 1.82) is 0 Å². The summed E-state index contributed by atoms with van der Waals surface area (Å²) in [5.41, 5.74) is 2.26. The lowest BCUT2D eigenvalue weighted by Crippen LogP contribution is -2.11. The molecule has 0 aliphatic carbocycles. The molecule has 7 heteroatoms. The Hall–Kier alpha value is -3.34. The Labute approximate surface area is 186 Å². The Morgan fingerprint density at radius 1 is 0.812 bits per heavy atom. The second kappa shape index (κ2) is 7.66. The van der Waals surface area contributed by atoms with E-state index in [0.717, 1.165) is 28.3 Å². The first-order valence-electron chi connectivity index (χ1n) is 10.0. The number of anilines is 1. The summed E-state index contributed by atoms with van der Waals surface area (Å²) in [6.45, 7) is 0. The lowest BCUT2D eigenvalue weighted by atomic mass is 10.0. The van der Waals surface area contributed by atoms with Crippen molar-refractivity contribution >= 4 is 45.2 Å². The number of nitrogens with one attached hydrogen (secondary N) is 1. The molecule has 1 aliphatic rings. The maximum atomic E-state index is 14.3. The molecule has 0 unspecified atom stereocenters. The summed E-state index contributed by atoms with van der Waals surface area (Å²) in [6.07, 6.45) is 3.02. The van der Waals surface area contributed by atoms with Gasteiger partial charge >= 0.3 is 7.52 Å². The number of fused-ring (bicyclic) bond motifs is 3. The van der Waals surface area contributed by atoms with E-state index in [1.807, 2.05) is 60.7 Å². The molecule has 5 rings (SSSR count). The molecular weight excluding hydrogens is 441 g/mol. The van der Waals surface area contributed by atoms with Gasteiger partial charge in [0.25, 0.3) is 0 Å². The zero-order valence-corrected chi connectivity index (χ0v) is 18.9. The van der Waals surface area contributed by atoms with Gasteiger partial charge in [-0.05, 0) is 46.9 Å².